The third-order valence-corrected chi connectivity index (χ3v) is 7.20. The second-order valence-corrected chi connectivity index (χ2v) is 9.28. The first-order valence-corrected chi connectivity index (χ1v) is 10.9. The van der Waals surface area contributed by atoms with Crippen molar-refractivity contribution in [1.82, 2.24) is 25.2 Å². The maximum absolute atomic E-state index is 13.8. The number of aromatic nitrogens is 3. The molecule has 2 saturated carbocycles. The minimum Gasteiger partial charge on any atom is -0.472 e. The Bertz CT molecular complexity index is 1110. The minimum absolute atomic E-state index is 0.00897. The molecule has 1 spiro atoms. The highest BCUT2D eigenvalue weighted by atomic mass is 16.5. The molecule has 2 aromatic heterocycles. The molecule has 158 valence electrons. The standard InChI is InChI=1S/C24H25N5O2/c1-14-4-5-19(27-11-14)31-18-10-24-9-16(24)13-29(21(18)24)23(30)17-8-15(2)12-28-20(17)22-25-6-3-7-26-22/h3-8,11,16,18,21,28H,9-10,12-13H2,1-2H3. The summed E-state index contributed by atoms with van der Waals surface area (Å²) in [5, 5.41) is 3.36. The molecule has 2 aliphatic carbocycles. The molecule has 3 fully saturated rings. The second-order valence-electron chi connectivity index (χ2n) is 9.28. The summed E-state index contributed by atoms with van der Waals surface area (Å²) in [6.45, 7) is 5.52. The van der Waals surface area contributed by atoms with Gasteiger partial charge in [-0.25, -0.2) is 15.0 Å². The Morgan fingerprint density at radius 1 is 1.19 bits per heavy atom. The zero-order valence-corrected chi connectivity index (χ0v) is 17.7. The van der Waals surface area contributed by atoms with Crippen molar-refractivity contribution in [2.45, 2.75) is 38.8 Å². The van der Waals surface area contributed by atoms with E-state index in [9.17, 15) is 4.79 Å². The Hall–Kier alpha value is -3.22. The third-order valence-electron chi connectivity index (χ3n) is 7.20. The van der Waals surface area contributed by atoms with Crippen LogP contribution >= 0.6 is 0 Å². The van der Waals surface area contributed by atoms with E-state index >= 15 is 0 Å². The molecule has 2 aliphatic heterocycles. The van der Waals surface area contributed by atoms with Gasteiger partial charge in [0, 0.05) is 43.2 Å². The van der Waals surface area contributed by atoms with E-state index in [1.807, 2.05) is 43.2 Å². The number of carbonyl (C=O) groups excluding carboxylic acids is 1. The van der Waals surface area contributed by atoms with Crippen LogP contribution in [0.2, 0.25) is 0 Å². The molecule has 0 radical (unpaired) electrons. The molecule has 1 N–H and O–H groups in total. The number of aryl methyl sites for hydroxylation is 1. The van der Waals surface area contributed by atoms with Crippen LogP contribution in [0.4, 0.5) is 0 Å². The Morgan fingerprint density at radius 3 is 2.81 bits per heavy atom. The number of piperidine rings is 1. The Morgan fingerprint density at radius 2 is 2.03 bits per heavy atom. The van der Waals surface area contributed by atoms with Gasteiger partial charge in [0.2, 0.25) is 5.88 Å². The number of hydrogen-bond acceptors (Lipinski definition) is 6. The van der Waals surface area contributed by atoms with Gasteiger partial charge in [0.15, 0.2) is 5.82 Å². The molecule has 7 nitrogen and oxygen atoms in total. The van der Waals surface area contributed by atoms with Crippen LogP contribution in [0, 0.1) is 18.3 Å². The van der Waals surface area contributed by atoms with E-state index in [4.69, 9.17) is 4.74 Å². The van der Waals surface area contributed by atoms with Gasteiger partial charge in [0.1, 0.15) is 6.10 Å². The number of rotatable bonds is 4. The van der Waals surface area contributed by atoms with Crippen molar-refractivity contribution < 1.29 is 9.53 Å². The van der Waals surface area contributed by atoms with E-state index in [0.29, 0.717) is 35.4 Å². The summed E-state index contributed by atoms with van der Waals surface area (Å²) in [5.41, 5.74) is 3.82. The lowest BCUT2D eigenvalue weighted by molar-refractivity contribution is -0.136. The van der Waals surface area contributed by atoms with Crippen molar-refractivity contribution in [2.24, 2.45) is 11.3 Å². The Balaban J connectivity index is 1.30. The topological polar surface area (TPSA) is 80.2 Å². The third kappa shape index (κ3) is 2.86. The molecule has 4 aliphatic rings. The number of likely N-dealkylation sites (tertiary alicyclic amines) is 1. The summed E-state index contributed by atoms with van der Waals surface area (Å²) in [7, 11) is 0. The SMILES string of the molecule is CC1=CC(C(=O)N2CC3CC34CC(Oc3ccc(C)cn3)C24)=C(c2ncccn2)NC1. The first-order chi connectivity index (χ1) is 15.0. The molecule has 4 heterocycles. The zero-order chi connectivity index (χ0) is 21.2. The van der Waals surface area contributed by atoms with E-state index in [1.54, 1.807) is 18.5 Å². The lowest BCUT2D eigenvalue weighted by atomic mass is 9.73. The quantitative estimate of drug-likeness (QED) is 0.827. The zero-order valence-electron chi connectivity index (χ0n) is 17.7. The molecular formula is C24H25N5O2. The van der Waals surface area contributed by atoms with E-state index in [2.05, 4.69) is 20.3 Å². The molecule has 7 heteroatoms. The fraction of sp³-hybridized carbons (Fsp3) is 0.417. The summed E-state index contributed by atoms with van der Waals surface area (Å²) in [4.78, 5) is 29.0. The molecule has 1 amide bonds. The summed E-state index contributed by atoms with van der Waals surface area (Å²) < 4.78 is 6.23. The van der Waals surface area contributed by atoms with Crippen LogP contribution in [-0.2, 0) is 4.79 Å². The number of nitrogens with zero attached hydrogens (tertiary/aromatic N) is 4. The number of dihydropyridines is 1. The number of amides is 1. The van der Waals surface area contributed by atoms with Crippen molar-refractivity contribution in [3.63, 3.8) is 0 Å². The van der Waals surface area contributed by atoms with Crippen molar-refractivity contribution >= 4 is 11.6 Å². The van der Waals surface area contributed by atoms with Crippen molar-refractivity contribution in [3.05, 3.63) is 65.4 Å². The van der Waals surface area contributed by atoms with Crippen molar-refractivity contribution in [1.29, 1.82) is 0 Å². The van der Waals surface area contributed by atoms with Crippen LogP contribution in [0.25, 0.3) is 5.70 Å². The normalized spacial score (nSPS) is 30.6. The van der Waals surface area contributed by atoms with Crippen LogP contribution in [0.1, 0.15) is 31.2 Å². The Kier molecular flexibility index (Phi) is 3.97. The predicted molar refractivity (Wildman–Crippen MR) is 115 cm³/mol. The van der Waals surface area contributed by atoms with Gasteiger partial charge in [0.05, 0.1) is 17.3 Å². The summed E-state index contributed by atoms with van der Waals surface area (Å²) in [5.74, 6) is 1.82. The molecular weight excluding hydrogens is 390 g/mol. The van der Waals surface area contributed by atoms with Crippen LogP contribution in [0.3, 0.4) is 0 Å². The van der Waals surface area contributed by atoms with Crippen LogP contribution in [0.5, 0.6) is 5.88 Å². The highest BCUT2D eigenvalue weighted by molar-refractivity contribution is 6.04. The van der Waals surface area contributed by atoms with Crippen molar-refractivity contribution in [2.75, 3.05) is 13.1 Å². The van der Waals surface area contributed by atoms with E-state index in [-0.39, 0.29) is 23.5 Å². The second kappa shape index (κ2) is 6.64. The van der Waals surface area contributed by atoms with Gasteiger partial charge in [-0.3, -0.25) is 4.79 Å². The maximum Gasteiger partial charge on any atom is 0.256 e. The number of hydrogen-bond donors (Lipinski definition) is 1. The van der Waals surface area contributed by atoms with Crippen LogP contribution < -0.4 is 10.1 Å². The van der Waals surface area contributed by atoms with Gasteiger partial charge in [-0.2, -0.15) is 0 Å². The largest absolute Gasteiger partial charge is 0.472 e. The minimum atomic E-state index is -0.00897. The van der Waals surface area contributed by atoms with Gasteiger partial charge < -0.3 is 15.0 Å². The van der Waals surface area contributed by atoms with Crippen LogP contribution in [-0.4, -0.2) is 51.0 Å². The summed E-state index contributed by atoms with van der Waals surface area (Å²) in [6.07, 6.45) is 9.40. The number of pyridine rings is 1. The molecule has 2 aromatic rings. The fourth-order valence-electron chi connectivity index (χ4n) is 5.58. The predicted octanol–water partition coefficient (Wildman–Crippen LogP) is 2.51. The highest BCUT2D eigenvalue weighted by Gasteiger charge is 2.76. The van der Waals surface area contributed by atoms with E-state index in [0.717, 1.165) is 24.1 Å². The van der Waals surface area contributed by atoms with Gasteiger partial charge in [-0.05, 0) is 50.3 Å². The average molecular weight is 415 g/mol. The molecule has 6 rings (SSSR count). The number of ether oxygens (including phenoxy) is 1. The van der Waals surface area contributed by atoms with Gasteiger partial charge in [-0.15, -0.1) is 0 Å². The molecule has 0 aromatic carbocycles. The maximum atomic E-state index is 13.8. The number of nitrogens with one attached hydrogen (secondary N) is 1. The lowest BCUT2D eigenvalue weighted by Crippen LogP contribution is -2.59. The molecule has 31 heavy (non-hydrogen) atoms. The summed E-state index contributed by atoms with van der Waals surface area (Å²) >= 11 is 0. The molecule has 4 atom stereocenters. The average Bonchev–Trinajstić information content (AvgIpc) is 3.43. The summed E-state index contributed by atoms with van der Waals surface area (Å²) in [6, 6.07) is 5.81. The number of carbonyl (C=O) groups is 1. The smallest absolute Gasteiger partial charge is 0.256 e. The van der Waals surface area contributed by atoms with Crippen molar-refractivity contribution in [3.8, 4) is 5.88 Å². The Labute approximate surface area is 181 Å². The van der Waals surface area contributed by atoms with Crippen LogP contribution in [0.15, 0.2) is 54.0 Å². The first-order valence-electron chi connectivity index (χ1n) is 10.9. The first kappa shape index (κ1) is 18.5. The van der Waals surface area contributed by atoms with Gasteiger partial charge in [-0.1, -0.05) is 11.6 Å². The van der Waals surface area contributed by atoms with E-state index in [1.165, 1.54) is 6.42 Å². The fourth-order valence-corrected chi connectivity index (χ4v) is 5.58. The molecule has 4 unspecified atom stereocenters. The van der Waals surface area contributed by atoms with Gasteiger partial charge >= 0.3 is 0 Å². The highest BCUT2D eigenvalue weighted by Crippen LogP contribution is 2.71. The van der Waals surface area contributed by atoms with E-state index < -0.39 is 0 Å². The molecule has 0 bridgehead atoms. The lowest BCUT2D eigenvalue weighted by Gasteiger charge is -2.47. The monoisotopic (exact) mass is 415 g/mol. The molecule has 1 saturated heterocycles. The van der Waals surface area contributed by atoms with Gasteiger partial charge in [0.25, 0.3) is 5.91 Å².